The van der Waals surface area contributed by atoms with Gasteiger partial charge in [0.15, 0.2) is 12.2 Å². The Labute approximate surface area is 403 Å². The van der Waals surface area contributed by atoms with Crippen LogP contribution in [0.1, 0.15) is 143 Å². The van der Waals surface area contributed by atoms with Gasteiger partial charge in [-0.1, -0.05) is 76.2 Å². The number of carbonyl (C=O) groups is 4. The van der Waals surface area contributed by atoms with Crippen molar-refractivity contribution in [2.75, 3.05) is 13.2 Å². The number of aliphatic hydroxyl groups is 5. The molecule has 384 valence electrons. The summed E-state index contributed by atoms with van der Waals surface area (Å²) in [4.78, 5) is 48.6. The lowest BCUT2D eigenvalue weighted by molar-refractivity contribution is -0.328. The van der Waals surface area contributed by atoms with Crippen molar-refractivity contribution in [3.63, 3.8) is 0 Å². The Kier molecular flexibility index (Phi) is 13.1. The number of rotatable bonds is 4. The minimum atomic E-state index is -1.38. The molecule has 2 saturated heterocycles. The van der Waals surface area contributed by atoms with E-state index >= 15 is 0 Å². The molecule has 15 heteroatoms. The Balaban J connectivity index is 0.000000201. The molecule has 0 amide bonds. The maximum absolute atomic E-state index is 12.6. The number of esters is 4. The van der Waals surface area contributed by atoms with Gasteiger partial charge in [0.25, 0.3) is 0 Å². The van der Waals surface area contributed by atoms with Gasteiger partial charge in [-0.25, -0.2) is 0 Å². The Morgan fingerprint density at radius 3 is 1.22 bits per heavy atom. The predicted molar refractivity (Wildman–Crippen MR) is 248 cm³/mol. The quantitative estimate of drug-likeness (QED) is 0.133. The molecule has 0 radical (unpaired) electrons. The van der Waals surface area contributed by atoms with E-state index in [4.69, 9.17) is 28.4 Å². The van der Waals surface area contributed by atoms with Gasteiger partial charge in [0, 0.05) is 79.4 Å². The summed E-state index contributed by atoms with van der Waals surface area (Å²) >= 11 is 0. The number of hydrogen-bond acceptors (Lipinski definition) is 15. The van der Waals surface area contributed by atoms with E-state index in [1.165, 1.54) is 27.7 Å². The normalized spacial score (nSPS) is 49.6. The molecule has 68 heavy (non-hydrogen) atoms. The molecule has 2 heterocycles. The molecule has 0 unspecified atom stereocenters. The second-order valence-corrected chi connectivity index (χ2v) is 24.6. The van der Waals surface area contributed by atoms with E-state index in [-0.39, 0.29) is 54.1 Å². The number of fused-ring (bicyclic) bond motifs is 10. The SMILES string of the molecule is CC(=O)O[C@H]1C[C@@]2(O)[C@@H](C)[C@@H]3[C@]4(C)CO[C@@H]4C[C@H](C)[C@@]3(C)[C@@H](O)[C@H](OC(C)=O)C(=C1C)C2(C)C.CC(=O)O[C@H]1C[C@@]2(O)[C@@H](C)[C@@H]3[C@]4(C)CO[C@@H]4C[C@H](O)[C@@]3(C)[C@@H](O)[C@H](OC(C)=O)C(=C1C)C2(C)C. The van der Waals surface area contributed by atoms with Crippen molar-refractivity contribution in [1.29, 1.82) is 0 Å². The smallest absolute Gasteiger partial charge is 0.303 e. The average Bonchev–Trinajstić information content (AvgIpc) is 3.21. The highest BCUT2D eigenvalue weighted by atomic mass is 16.6. The topological polar surface area (TPSA) is 225 Å². The van der Waals surface area contributed by atoms with E-state index in [2.05, 4.69) is 34.6 Å². The molecule has 8 aliphatic rings. The highest BCUT2D eigenvalue weighted by Gasteiger charge is 2.75. The average molecular weight is 959 g/mol. The monoisotopic (exact) mass is 959 g/mol. The van der Waals surface area contributed by atoms with Crippen molar-refractivity contribution in [2.24, 2.45) is 62.1 Å². The second kappa shape index (κ2) is 16.8. The molecule has 5 N–H and O–H groups in total. The fourth-order valence-corrected chi connectivity index (χ4v) is 16.9. The summed E-state index contributed by atoms with van der Waals surface area (Å²) in [7, 11) is 0. The summed E-state index contributed by atoms with van der Waals surface area (Å²) < 4.78 is 34.9. The van der Waals surface area contributed by atoms with Crippen molar-refractivity contribution in [3.05, 3.63) is 22.3 Å². The van der Waals surface area contributed by atoms with Gasteiger partial charge >= 0.3 is 23.9 Å². The first-order valence-corrected chi connectivity index (χ1v) is 24.9. The molecular formula is C53H82O15. The van der Waals surface area contributed by atoms with Gasteiger partial charge in [-0.05, 0) is 72.2 Å². The van der Waals surface area contributed by atoms with Crippen LogP contribution < -0.4 is 0 Å². The van der Waals surface area contributed by atoms with Crippen LogP contribution in [0, 0.1) is 62.1 Å². The first kappa shape index (κ1) is 52.9. The number of aliphatic hydroxyl groups excluding tert-OH is 3. The van der Waals surface area contributed by atoms with E-state index in [9.17, 15) is 44.7 Å². The van der Waals surface area contributed by atoms with Crippen molar-refractivity contribution in [2.45, 2.75) is 210 Å². The molecule has 6 fully saturated rings. The third kappa shape index (κ3) is 7.10. The fraction of sp³-hybridized carbons (Fsp3) is 0.849. The molecule has 0 aromatic heterocycles. The molecule has 15 nitrogen and oxygen atoms in total. The lowest BCUT2D eigenvalue weighted by Gasteiger charge is -2.70. The summed E-state index contributed by atoms with van der Waals surface area (Å²) in [5, 5.41) is 60.8. The standard InChI is InChI=1S/C27H42O7.C26H40O8/c1-13-10-19-25(8,12-32-19)22-15(3)27(31)11-18(33-16(4)28)14(2)20(24(27,6)7)21(34-17(5)29)23(30)26(13,22)9;1-12-16(33-14(3)27)10-26(31)13(2)21-24(7)11-32-18(24)9-17(29)25(21,8)22(30)20(34-15(4)28)19(12)23(26,5)6/h13,15,18-19,21-23,30-31H,10-12H2,1-9H3;13,16-18,20-22,29-31H,9-11H2,1-8H3/t13-,15-,18-,19+,21+,22+,23-,25+,26+,27+;13-,16-,17-,18+,20+,21+,22-,24+,25+,26+/m00/s1. The molecule has 0 aromatic rings. The van der Waals surface area contributed by atoms with Gasteiger partial charge in [0.2, 0.25) is 0 Å². The van der Waals surface area contributed by atoms with Crippen molar-refractivity contribution < 1.29 is 73.1 Å². The van der Waals surface area contributed by atoms with Crippen LogP contribution >= 0.6 is 0 Å². The molecule has 6 aliphatic carbocycles. The molecule has 4 saturated carbocycles. The Morgan fingerprint density at radius 2 is 0.882 bits per heavy atom. The van der Waals surface area contributed by atoms with Crippen LogP contribution in [0.3, 0.4) is 0 Å². The summed E-state index contributed by atoms with van der Waals surface area (Å²) in [5.74, 6) is -3.04. The molecule has 2 aliphatic heterocycles. The first-order valence-electron chi connectivity index (χ1n) is 24.9. The van der Waals surface area contributed by atoms with Crippen molar-refractivity contribution in [1.82, 2.24) is 0 Å². The molecule has 4 bridgehead atoms. The van der Waals surface area contributed by atoms with Gasteiger partial charge in [0.1, 0.15) is 24.4 Å². The summed E-state index contributed by atoms with van der Waals surface area (Å²) in [6.45, 7) is 32.1. The minimum absolute atomic E-state index is 0.0538. The van der Waals surface area contributed by atoms with Crippen molar-refractivity contribution in [3.8, 4) is 0 Å². The third-order valence-corrected chi connectivity index (χ3v) is 20.7. The van der Waals surface area contributed by atoms with E-state index in [1.807, 2.05) is 48.5 Å². The zero-order valence-electron chi connectivity index (χ0n) is 43.6. The van der Waals surface area contributed by atoms with Gasteiger partial charge < -0.3 is 54.0 Å². The maximum atomic E-state index is 12.6. The highest BCUT2D eigenvalue weighted by molar-refractivity contribution is 5.68. The Bertz CT molecular complexity index is 2000. The van der Waals surface area contributed by atoms with Gasteiger partial charge in [-0.15, -0.1) is 0 Å². The largest absolute Gasteiger partial charge is 0.458 e. The Morgan fingerprint density at radius 1 is 0.544 bits per heavy atom. The first-order chi connectivity index (χ1) is 31.1. The van der Waals surface area contributed by atoms with Crippen LogP contribution in [0.5, 0.6) is 0 Å². The minimum Gasteiger partial charge on any atom is -0.458 e. The number of carbonyl (C=O) groups excluding carboxylic acids is 4. The number of hydrogen-bond donors (Lipinski definition) is 5. The van der Waals surface area contributed by atoms with Gasteiger partial charge in [-0.2, -0.15) is 0 Å². The zero-order chi connectivity index (χ0) is 51.2. The molecule has 0 aromatic carbocycles. The molecule has 0 spiro atoms. The van der Waals surface area contributed by atoms with Crippen LogP contribution in [0.2, 0.25) is 0 Å². The third-order valence-electron chi connectivity index (χ3n) is 20.7. The Hall–Kier alpha value is -2.92. The van der Waals surface area contributed by atoms with Crippen molar-refractivity contribution >= 4 is 23.9 Å². The van der Waals surface area contributed by atoms with E-state index in [0.717, 1.165) is 12.0 Å². The lowest BCUT2D eigenvalue weighted by atomic mass is 9.39. The summed E-state index contributed by atoms with van der Waals surface area (Å²) in [6.07, 6.45) is -5.20. The number of ether oxygens (including phenoxy) is 6. The van der Waals surface area contributed by atoms with Crippen LogP contribution in [0.25, 0.3) is 0 Å². The van der Waals surface area contributed by atoms with Crippen LogP contribution in [0.15, 0.2) is 22.3 Å². The molecule has 20 atom stereocenters. The maximum Gasteiger partial charge on any atom is 0.303 e. The highest BCUT2D eigenvalue weighted by Crippen LogP contribution is 2.70. The van der Waals surface area contributed by atoms with E-state index in [0.29, 0.717) is 36.4 Å². The molecular weight excluding hydrogens is 877 g/mol. The van der Waals surface area contributed by atoms with Gasteiger partial charge in [0.05, 0.1) is 42.7 Å². The van der Waals surface area contributed by atoms with Crippen LogP contribution in [0.4, 0.5) is 0 Å². The fourth-order valence-electron chi connectivity index (χ4n) is 16.9. The zero-order valence-corrected chi connectivity index (χ0v) is 43.6. The summed E-state index contributed by atoms with van der Waals surface area (Å²) in [6, 6.07) is 0. The van der Waals surface area contributed by atoms with E-state index < -0.39 is 111 Å². The van der Waals surface area contributed by atoms with Crippen LogP contribution in [-0.2, 0) is 47.6 Å². The summed E-state index contributed by atoms with van der Waals surface area (Å²) in [5.41, 5.74) is -4.17. The second-order valence-electron chi connectivity index (χ2n) is 24.6. The predicted octanol–water partition coefficient (Wildman–Crippen LogP) is 5.54. The lowest BCUT2D eigenvalue weighted by Crippen LogP contribution is -2.76. The van der Waals surface area contributed by atoms with Crippen LogP contribution in [-0.4, -0.2) is 129 Å². The molecule has 8 rings (SSSR count). The van der Waals surface area contributed by atoms with Gasteiger partial charge in [-0.3, -0.25) is 19.2 Å². The van der Waals surface area contributed by atoms with E-state index in [1.54, 1.807) is 6.92 Å².